The Hall–Kier alpha value is -2.53. The van der Waals surface area contributed by atoms with Crippen LogP contribution in [-0.4, -0.2) is 205 Å². The normalized spacial score (nSPS) is 25.3. The van der Waals surface area contributed by atoms with E-state index in [9.17, 15) is 74.6 Å². The zero-order valence-corrected chi connectivity index (χ0v) is 74.6. The van der Waals surface area contributed by atoms with Crippen LogP contribution in [0.5, 0.6) is 0 Å². The lowest BCUT2D eigenvalue weighted by Crippen LogP contribution is -2.70. The molecule has 19 atom stereocenters. The van der Waals surface area contributed by atoms with E-state index in [2.05, 4.69) is 34.6 Å². The number of hydrogen-bond donors (Lipinski definition) is 10. The van der Waals surface area contributed by atoms with Gasteiger partial charge in [-0.15, -0.1) is 0 Å². The van der Waals surface area contributed by atoms with Crippen LogP contribution in [0.1, 0.15) is 420 Å². The molecule has 0 bridgehead atoms. The van der Waals surface area contributed by atoms with Gasteiger partial charge in [-0.1, -0.05) is 369 Å². The standard InChI is InChI=1S/C91H171O25P/c1-6-10-14-18-22-25-28-31-32-33-36-39-41-44-52-58-64-76(95)110-71(67-107-74(93)62-56-51-47-46-49-55-61-70(5)60-54-48-21-17-13-9-4)68-109-117(105,106)116-89-87(114-90-84(103)80(99)78(97)72(66-92)111-90)83(102)82(101)86(113-77(96)65-59-53-45-42-38-35-30-27-24-20-16-12-8-3)88(89)115-91-85(104)81(100)79(98)73(112-91)69-108-75(94)63-57-50-43-40-37-34-29-26-23-19-15-11-7-2/h70-73,78-92,97-104H,6-69H2,1-5H3,(H,105,106). The summed E-state index contributed by atoms with van der Waals surface area (Å²) in [5, 5.41) is 102. The SMILES string of the molecule is CCCCCCCCCCCCCCCCCCC(=O)OC(COC(=O)CCCCCCCCC(C)CCCCCCCC)COP(=O)(O)OC1C(OC2OC(CO)C(O)C(O)C2O)C(O)C(O)C(OC(=O)CCCCCCCCCCCCCCC)C1OC1OC(COC(=O)CCCCCCCCCCCCCCC)C(O)C(O)C1O. The molecule has 117 heavy (non-hydrogen) atoms. The highest BCUT2D eigenvalue weighted by atomic mass is 31.2. The molecule has 3 rings (SSSR count). The number of esters is 4. The molecule has 0 amide bonds. The number of unbranched alkanes of at least 4 members (excludes halogenated alkanes) is 49. The molecule has 1 aliphatic carbocycles. The third-order valence-electron chi connectivity index (χ3n) is 23.8. The smallest absolute Gasteiger partial charge is 0.463 e. The van der Waals surface area contributed by atoms with Gasteiger partial charge in [0.05, 0.1) is 13.2 Å². The van der Waals surface area contributed by atoms with Crippen LogP contribution < -0.4 is 0 Å². The Bertz CT molecular complexity index is 2450. The van der Waals surface area contributed by atoms with Crippen LogP contribution in [0.2, 0.25) is 0 Å². The highest BCUT2D eigenvalue weighted by Gasteiger charge is 2.60. The van der Waals surface area contributed by atoms with Crippen molar-refractivity contribution in [1.82, 2.24) is 0 Å². The Morgan fingerprint density at radius 2 is 0.641 bits per heavy atom. The molecule has 0 aromatic carbocycles. The van der Waals surface area contributed by atoms with E-state index >= 15 is 0 Å². The number of ether oxygens (including phenoxy) is 8. The first-order valence-electron chi connectivity index (χ1n) is 47.7. The molecule has 10 N–H and O–H groups in total. The van der Waals surface area contributed by atoms with Gasteiger partial charge >= 0.3 is 31.7 Å². The molecule has 0 spiro atoms. The van der Waals surface area contributed by atoms with Crippen LogP contribution in [0.4, 0.5) is 0 Å². The Morgan fingerprint density at radius 3 is 1.02 bits per heavy atom. The zero-order valence-electron chi connectivity index (χ0n) is 73.7. The third-order valence-corrected chi connectivity index (χ3v) is 24.7. The number of rotatable bonds is 77. The van der Waals surface area contributed by atoms with Crippen molar-refractivity contribution in [2.45, 2.75) is 524 Å². The fourth-order valence-electron chi connectivity index (χ4n) is 16.1. The van der Waals surface area contributed by atoms with E-state index in [1.165, 1.54) is 199 Å². The predicted octanol–water partition coefficient (Wildman–Crippen LogP) is 17.6. The summed E-state index contributed by atoms with van der Waals surface area (Å²) < 4.78 is 73.5. The maximum Gasteiger partial charge on any atom is 0.472 e. The molecule has 690 valence electrons. The number of phosphoric ester groups is 1. The van der Waals surface area contributed by atoms with Gasteiger partial charge in [0, 0.05) is 25.7 Å². The predicted molar refractivity (Wildman–Crippen MR) is 453 cm³/mol. The van der Waals surface area contributed by atoms with E-state index in [-0.39, 0.29) is 25.7 Å². The lowest BCUT2D eigenvalue weighted by atomic mass is 9.84. The van der Waals surface area contributed by atoms with Crippen molar-refractivity contribution in [3.63, 3.8) is 0 Å². The number of aliphatic hydroxyl groups is 9. The van der Waals surface area contributed by atoms with E-state index in [0.717, 1.165) is 128 Å². The first kappa shape index (κ1) is 109. The molecule has 2 saturated heterocycles. The number of phosphoric acid groups is 1. The van der Waals surface area contributed by atoms with Crippen molar-refractivity contribution in [3.05, 3.63) is 0 Å². The number of hydrogen-bond acceptors (Lipinski definition) is 24. The molecular weight excluding hydrogens is 1520 g/mol. The molecule has 3 aliphatic rings. The molecule has 0 radical (unpaired) electrons. The van der Waals surface area contributed by atoms with Crippen LogP contribution in [0.25, 0.3) is 0 Å². The van der Waals surface area contributed by atoms with Crippen molar-refractivity contribution in [2.75, 3.05) is 26.4 Å². The lowest BCUT2D eigenvalue weighted by molar-refractivity contribution is -0.360. The first-order chi connectivity index (χ1) is 56.6. The summed E-state index contributed by atoms with van der Waals surface area (Å²) in [5.41, 5.74) is 0. The summed E-state index contributed by atoms with van der Waals surface area (Å²) in [5.74, 6) is -2.25. The zero-order chi connectivity index (χ0) is 85.5. The summed E-state index contributed by atoms with van der Waals surface area (Å²) in [6.07, 6.45) is 25.3. The maximum absolute atomic E-state index is 14.9. The van der Waals surface area contributed by atoms with Crippen LogP contribution in [0, 0.1) is 5.92 Å². The van der Waals surface area contributed by atoms with Crippen molar-refractivity contribution >= 4 is 31.7 Å². The van der Waals surface area contributed by atoms with Crippen LogP contribution in [0.3, 0.4) is 0 Å². The highest BCUT2D eigenvalue weighted by Crippen LogP contribution is 2.49. The number of carbonyl (C=O) groups excluding carboxylic acids is 4. The minimum absolute atomic E-state index is 0.0194. The number of aliphatic hydroxyl groups excluding tert-OH is 9. The van der Waals surface area contributed by atoms with Gasteiger partial charge in [0.25, 0.3) is 0 Å². The summed E-state index contributed by atoms with van der Waals surface area (Å²) in [6, 6.07) is 0. The average Bonchev–Trinajstić information content (AvgIpc) is 0.754. The largest absolute Gasteiger partial charge is 0.472 e. The molecule has 26 heteroatoms. The first-order valence-corrected chi connectivity index (χ1v) is 49.2. The van der Waals surface area contributed by atoms with Crippen LogP contribution in [0.15, 0.2) is 0 Å². The van der Waals surface area contributed by atoms with E-state index in [1.54, 1.807) is 0 Å². The van der Waals surface area contributed by atoms with Gasteiger partial charge in [0.2, 0.25) is 0 Å². The molecule has 19 unspecified atom stereocenters. The van der Waals surface area contributed by atoms with E-state index in [0.29, 0.717) is 38.0 Å². The van der Waals surface area contributed by atoms with Gasteiger partial charge in [-0.3, -0.25) is 28.2 Å². The fourth-order valence-corrected chi connectivity index (χ4v) is 17.1. The van der Waals surface area contributed by atoms with Gasteiger partial charge in [-0.25, -0.2) is 4.57 Å². The van der Waals surface area contributed by atoms with Crippen molar-refractivity contribution in [3.8, 4) is 0 Å². The second-order valence-electron chi connectivity index (χ2n) is 34.5. The third kappa shape index (κ3) is 50.3. The van der Waals surface area contributed by atoms with Gasteiger partial charge in [0.15, 0.2) is 24.8 Å². The quantitative estimate of drug-likeness (QED) is 0.0117. The maximum atomic E-state index is 14.9. The van der Waals surface area contributed by atoms with E-state index in [4.69, 9.17) is 46.9 Å². The topological polar surface area (TPSA) is 380 Å². The monoisotopic (exact) mass is 1700 g/mol. The molecule has 3 fully saturated rings. The molecule has 2 heterocycles. The molecule has 0 aromatic heterocycles. The Balaban J connectivity index is 1.91. The summed E-state index contributed by atoms with van der Waals surface area (Å²) in [4.78, 5) is 66.5. The lowest BCUT2D eigenvalue weighted by Gasteiger charge is -2.50. The Labute approximate surface area is 706 Å². The second kappa shape index (κ2) is 69.7. The van der Waals surface area contributed by atoms with Gasteiger partial charge < -0.3 is 88.7 Å². The molecular formula is C91H171O25P. The second-order valence-corrected chi connectivity index (χ2v) is 35.9. The van der Waals surface area contributed by atoms with Gasteiger partial charge in [-0.05, 0) is 31.6 Å². The average molecular weight is 1700 g/mol. The van der Waals surface area contributed by atoms with Gasteiger partial charge in [-0.2, -0.15) is 0 Å². The van der Waals surface area contributed by atoms with E-state index < -0.39 is 162 Å². The van der Waals surface area contributed by atoms with Crippen molar-refractivity contribution < 1.29 is 122 Å². The Kier molecular flexibility index (Phi) is 64.8. The number of carbonyl (C=O) groups is 4. The molecule has 0 aromatic rings. The Morgan fingerprint density at radius 1 is 0.333 bits per heavy atom. The molecule has 2 aliphatic heterocycles. The highest BCUT2D eigenvalue weighted by molar-refractivity contribution is 7.47. The van der Waals surface area contributed by atoms with Crippen molar-refractivity contribution in [1.29, 1.82) is 0 Å². The summed E-state index contributed by atoms with van der Waals surface area (Å²) in [6.45, 7) is 7.96. The molecule has 25 nitrogen and oxygen atoms in total. The fraction of sp³-hybridized carbons (Fsp3) is 0.956. The van der Waals surface area contributed by atoms with Crippen LogP contribution in [-0.2, 0) is 70.7 Å². The van der Waals surface area contributed by atoms with Gasteiger partial charge in [0.1, 0.15) is 92.6 Å². The van der Waals surface area contributed by atoms with E-state index in [1.807, 2.05) is 0 Å². The van der Waals surface area contributed by atoms with Crippen LogP contribution >= 0.6 is 7.82 Å². The summed E-state index contributed by atoms with van der Waals surface area (Å²) in [7, 11) is -5.80. The minimum Gasteiger partial charge on any atom is -0.463 e. The summed E-state index contributed by atoms with van der Waals surface area (Å²) >= 11 is 0. The van der Waals surface area contributed by atoms with Crippen molar-refractivity contribution in [2.24, 2.45) is 5.92 Å². The molecule has 1 saturated carbocycles. The minimum atomic E-state index is -5.80.